The molecule has 0 spiro atoms. The topological polar surface area (TPSA) is 40.5 Å². The fraction of sp³-hybridized carbons (Fsp3) is 0.167. The fourth-order valence-corrected chi connectivity index (χ4v) is 2.43. The van der Waals surface area contributed by atoms with Gasteiger partial charge in [-0.25, -0.2) is 4.79 Å². The zero-order valence-corrected chi connectivity index (χ0v) is 13.6. The van der Waals surface area contributed by atoms with E-state index in [-0.39, 0.29) is 0 Å². The molecule has 2 aromatic rings. The Morgan fingerprint density at radius 3 is 2.32 bits per heavy atom. The van der Waals surface area contributed by atoms with Crippen LogP contribution in [0.5, 0.6) is 0 Å². The van der Waals surface area contributed by atoms with E-state index in [9.17, 15) is 4.79 Å². The molecule has 114 valence electrons. The van der Waals surface area contributed by atoms with E-state index in [0.29, 0.717) is 10.6 Å². The molecule has 0 heterocycles. The van der Waals surface area contributed by atoms with Gasteiger partial charge in [-0.1, -0.05) is 29.8 Å². The number of nitrogens with zero attached hydrogens (tertiary/aromatic N) is 1. The summed E-state index contributed by atoms with van der Waals surface area (Å²) in [6.07, 6.45) is 1.20. The lowest BCUT2D eigenvalue weighted by Gasteiger charge is -2.13. The highest BCUT2D eigenvalue weighted by molar-refractivity contribution is 6.33. The summed E-state index contributed by atoms with van der Waals surface area (Å²) in [5, 5.41) is 9.50. The molecule has 0 unspecified atom stereocenters. The van der Waals surface area contributed by atoms with Crippen molar-refractivity contribution in [1.29, 1.82) is 0 Å². The normalized spacial score (nSPS) is 11.4. The molecule has 0 aromatic heterocycles. The Labute approximate surface area is 135 Å². The third-order valence-electron chi connectivity index (χ3n) is 3.46. The number of allylic oxidation sites excluding steroid dienone is 1. The lowest BCUT2D eigenvalue weighted by molar-refractivity contribution is -0.131. The number of hydrogen-bond donors (Lipinski definition) is 1. The van der Waals surface area contributed by atoms with E-state index in [1.165, 1.54) is 6.08 Å². The van der Waals surface area contributed by atoms with Gasteiger partial charge in [0.1, 0.15) is 0 Å². The van der Waals surface area contributed by atoms with Crippen LogP contribution in [0.2, 0.25) is 5.02 Å². The van der Waals surface area contributed by atoms with Gasteiger partial charge in [0.05, 0.1) is 0 Å². The van der Waals surface area contributed by atoms with Crippen molar-refractivity contribution >= 4 is 28.8 Å². The molecular weight excluding hydrogens is 298 g/mol. The molecule has 2 aromatic carbocycles. The lowest BCUT2D eigenvalue weighted by atomic mass is 9.99. The largest absolute Gasteiger partial charge is 0.478 e. The molecule has 0 aliphatic rings. The van der Waals surface area contributed by atoms with Crippen molar-refractivity contribution < 1.29 is 9.90 Å². The first-order chi connectivity index (χ1) is 10.4. The molecule has 0 saturated heterocycles. The minimum Gasteiger partial charge on any atom is -0.478 e. The number of rotatable bonds is 4. The van der Waals surface area contributed by atoms with Gasteiger partial charge in [-0.3, -0.25) is 0 Å². The van der Waals surface area contributed by atoms with E-state index in [1.54, 1.807) is 13.0 Å². The molecule has 0 radical (unpaired) electrons. The van der Waals surface area contributed by atoms with Crippen LogP contribution in [0.3, 0.4) is 0 Å². The highest BCUT2D eigenvalue weighted by atomic mass is 35.5. The maximum absolute atomic E-state index is 10.8. The zero-order chi connectivity index (χ0) is 16.3. The van der Waals surface area contributed by atoms with Crippen molar-refractivity contribution in [2.75, 3.05) is 19.0 Å². The van der Waals surface area contributed by atoms with E-state index >= 15 is 0 Å². The number of anilines is 1. The second-order valence-corrected chi connectivity index (χ2v) is 5.71. The minimum atomic E-state index is -0.954. The Bertz CT molecular complexity index is 718. The molecule has 0 aliphatic heterocycles. The summed E-state index contributed by atoms with van der Waals surface area (Å²) >= 11 is 6.30. The summed E-state index contributed by atoms with van der Waals surface area (Å²) in [4.78, 5) is 12.8. The van der Waals surface area contributed by atoms with E-state index in [1.807, 2.05) is 55.4 Å². The predicted octanol–water partition coefficient (Wildman–Crippen LogP) is 4.56. The number of hydrogen-bond acceptors (Lipinski definition) is 2. The van der Waals surface area contributed by atoms with Crippen LogP contribution in [0.1, 0.15) is 12.5 Å². The van der Waals surface area contributed by atoms with Crippen molar-refractivity contribution in [1.82, 2.24) is 0 Å². The first-order valence-electron chi connectivity index (χ1n) is 6.87. The van der Waals surface area contributed by atoms with Crippen LogP contribution in [-0.4, -0.2) is 25.2 Å². The maximum atomic E-state index is 10.8. The van der Waals surface area contributed by atoms with Gasteiger partial charge in [-0.2, -0.15) is 0 Å². The van der Waals surface area contributed by atoms with Crippen molar-refractivity contribution in [2.45, 2.75) is 6.92 Å². The van der Waals surface area contributed by atoms with Gasteiger partial charge < -0.3 is 10.0 Å². The molecular formula is C18H18ClNO2. The van der Waals surface area contributed by atoms with E-state index in [2.05, 4.69) is 0 Å². The van der Waals surface area contributed by atoms with Crippen LogP contribution in [0.25, 0.3) is 16.7 Å². The smallest absolute Gasteiger partial charge is 0.328 e. The molecule has 0 amide bonds. The average Bonchev–Trinajstić information content (AvgIpc) is 2.47. The zero-order valence-electron chi connectivity index (χ0n) is 12.8. The predicted molar refractivity (Wildman–Crippen MR) is 92.5 cm³/mol. The molecule has 0 saturated carbocycles. The van der Waals surface area contributed by atoms with Crippen molar-refractivity contribution in [3.8, 4) is 11.1 Å². The molecule has 3 nitrogen and oxygen atoms in total. The number of carbonyl (C=O) groups is 1. The summed E-state index contributed by atoms with van der Waals surface area (Å²) in [5.41, 5.74) is 4.54. The van der Waals surface area contributed by atoms with Gasteiger partial charge in [-0.15, -0.1) is 0 Å². The molecule has 0 aliphatic carbocycles. The Balaban J connectivity index is 2.44. The summed E-state index contributed by atoms with van der Waals surface area (Å²) in [5.74, 6) is -0.954. The maximum Gasteiger partial charge on any atom is 0.328 e. The first-order valence-corrected chi connectivity index (χ1v) is 7.25. The van der Waals surface area contributed by atoms with Crippen LogP contribution in [0, 0.1) is 0 Å². The monoisotopic (exact) mass is 315 g/mol. The molecule has 2 rings (SSSR count). The number of carboxylic acids is 1. The number of halogens is 1. The van der Waals surface area contributed by atoms with Gasteiger partial charge in [0.15, 0.2) is 0 Å². The summed E-state index contributed by atoms with van der Waals surface area (Å²) < 4.78 is 0. The Morgan fingerprint density at radius 1 is 1.14 bits per heavy atom. The highest BCUT2D eigenvalue weighted by Crippen LogP contribution is 2.31. The first kappa shape index (κ1) is 16.1. The average molecular weight is 316 g/mol. The van der Waals surface area contributed by atoms with Crippen LogP contribution < -0.4 is 4.90 Å². The van der Waals surface area contributed by atoms with Gasteiger partial charge in [-0.05, 0) is 47.9 Å². The molecule has 0 fully saturated rings. The standard InChI is InChI=1S/C18H18ClNO2/c1-12(10-18(21)22)14-6-9-17(19)16(11-14)13-4-7-15(8-5-13)20(2)3/h4-11H,1-3H3,(H,21,22)/b12-10+. The molecule has 4 heteroatoms. The number of carboxylic acid groups (broad SMARTS) is 1. The van der Waals surface area contributed by atoms with Crippen LogP contribution in [0.4, 0.5) is 5.69 Å². The van der Waals surface area contributed by atoms with Crippen LogP contribution in [0.15, 0.2) is 48.5 Å². The van der Waals surface area contributed by atoms with Crippen molar-refractivity contribution in [3.63, 3.8) is 0 Å². The quantitative estimate of drug-likeness (QED) is 0.841. The Hall–Kier alpha value is -2.26. The highest BCUT2D eigenvalue weighted by Gasteiger charge is 2.07. The fourth-order valence-electron chi connectivity index (χ4n) is 2.20. The van der Waals surface area contributed by atoms with Gasteiger partial charge >= 0.3 is 5.97 Å². The van der Waals surface area contributed by atoms with Gasteiger partial charge in [0.25, 0.3) is 0 Å². The van der Waals surface area contributed by atoms with E-state index in [4.69, 9.17) is 16.7 Å². The van der Waals surface area contributed by atoms with E-state index < -0.39 is 5.97 Å². The van der Waals surface area contributed by atoms with Crippen LogP contribution in [-0.2, 0) is 4.79 Å². The summed E-state index contributed by atoms with van der Waals surface area (Å²) in [7, 11) is 3.98. The SMILES string of the molecule is C/C(=C\C(=O)O)c1ccc(Cl)c(-c2ccc(N(C)C)cc2)c1. The second kappa shape index (κ2) is 6.67. The number of aliphatic carboxylic acids is 1. The molecule has 0 bridgehead atoms. The van der Waals surface area contributed by atoms with Crippen molar-refractivity contribution in [3.05, 3.63) is 59.1 Å². The Kier molecular flexibility index (Phi) is 4.88. The lowest BCUT2D eigenvalue weighted by Crippen LogP contribution is -2.07. The molecule has 1 N–H and O–H groups in total. The summed E-state index contributed by atoms with van der Waals surface area (Å²) in [6, 6.07) is 13.6. The third-order valence-corrected chi connectivity index (χ3v) is 3.79. The number of benzene rings is 2. The van der Waals surface area contributed by atoms with Crippen molar-refractivity contribution in [2.24, 2.45) is 0 Å². The van der Waals surface area contributed by atoms with E-state index in [0.717, 1.165) is 22.4 Å². The summed E-state index contributed by atoms with van der Waals surface area (Å²) in [6.45, 7) is 1.77. The minimum absolute atomic E-state index is 0.643. The molecule has 22 heavy (non-hydrogen) atoms. The van der Waals surface area contributed by atoms with Gasteiger partial charge in [0, 0.05) is 36.4 Å². The molecule has 0 atom stereocenters. The third kappa shape index (κ3) is 3.68. The van der Waals surface area contributed by atoms with Gasteiger partial charge in [0.2, 0.25) is 0 Å². The second-order valence-electron chi connectivity index (χ2n) is 5.30. The van der Waals surface area contributed by atoms with Crippen LogP contribution >= 0.6 is 11.6 Å². The Morgan fingerprint density at radius 2 is 1.77 bits per heavy atom.